The van der Waals surface area contributed by atoms with Gasteiger partial charge in [-0.25, -0.2) is 0 Å². The molecule has 0 amide bonds. The molecule has 3 unspecified atom stereocenters. The Morgan fingerprint density at radius 2 is 0.929 bits per heavy atom. The van der Waals surface area contributed by atoms with Crippen LogP contribution in [0.15, 0.2) is 12.2 Å². The molecule has 0 bridgehead atoms. The number of rotatable bonds is 30. The zero-order valence-electron chi connectivity index (χ0n) is 27.6. The van der Waals surface area contributed by atoms with Gasteiger partial charge in [-0.15, -0.1) is 0 Å². The highest BCUT2D eigenvalue weighted by molar-refractivity contribution is 5.70. The molecule has 0 heterocycles. The van der Waals surface area contributed by atoms with Crippen molar-refractivity contribution in [2.24, 2.45) is 17.8 Å². The first-order valence-corrected chi connectivity index (χ1v) is 17.3. The number of allylic oxidation sites excluding steroid dienone is 2. The molecule has 0 aliphatic heterocycles. The number of carboxylic acids is 3. The number of carbonyl (C=O) groups excluding carboxylic acids is 1. The number of carboxylic acid groups (broad SMARTS) is 3. The zero-order valence-corrected chi connectivity index (χ0v) is 27.6. The zero-order chi connectivity index (χ0) is 31.6. The molecular weight excluding hydrogens is 530 g/mol. The molecule has 3 atom stereocenters. The summed E-state index contributed by atoms with van der Waals surface area (Å²) in [5.74, 6) is -4.94. The second-order valence-electron chi connectivity index (χ2n) is 12.6. The highest BCUT2D eigenvalue weighted by atomic mass is 16.4. The Morgan fingerprint density at radius 3 is 1.29 bits per heavy atom. The third-order valence-electron chi connectivity index (χ3n) is 8.98. The van der Waals surface area contributed by atoms with Gasteiger partial charge in [0.15, 0.2) is 0 Å². The van der Waals surface area contributed by atoms with Crippen LogP contribution in [0.1, 0.15) is 150 Å². The molecule has 42 heavy (non-hydrogen) atoms. The van der Waals surface area contributed by atoms with Crippen LogP contribution in [0.2, 0.25) is 0 Å². The van der Waals surface area contributed by atoms with Gasteiger partial charge in [0.1, 0.15) is 11.8 Å². The average molecular weight is 596 g/mol. The van der Waals surface area contributed by atoms with Crippen LogP contribution in [0.4, 0.5) is 0 Å². The van der Waals surface area contributed by atoms with Crippen LogP contribution >= 0.6 is 0 Å². The Hall–Kier alpha value is -1.89. The predicted molar refractivity (Wildman–Crippen MR) is 170 cm³/mol. The molecule has 0 saturated carbocycles. The molecule has 0 aliphatic rings. The maximum atomic E-state index is 12.0. The maximum Gasteiger partial charge on any atom is 0.312 e. The predicted octanol–water partition coefficient (Wildman–Crippen LogP) is 7.62. The first-order chi connectivity index (χ1) is 20.2. The maximum absolute atomic E-state index is 12.0. The number of quaternary nitrogens is 1. The van der Waals surface area contributed by atoms with Crippen molar-refractivity contribution in [1.29, 1.82) is 0 Å². The summed E-state index contributed by atoms with van der Waals surface area (Å²) >= 11 is 0. The van der Waals surface area contributed by atoms with Crippen molar-refractivity contribution < 1.29 is 34.2 Å². The van der Waals surface area contributed by atoms with Crippen molar-refractivity contribution in [3.8, 4) is 0 Å². The molecule has 0 radical (unpaired) electrons. The molecule has 0 fully saturated rings. The standard InChI is InChI=1S/C35H65NO6/c1-5-9-10-11-12-13-14-15-16-17-18-19-20-21-22-23-24-25-26-36(27-30(6-2)33(37)38,28-31(7-3)34(39)40)29-32(8-4)35(41)42/h11-12,30-32H,5-10,13-29H2,1-4H3,(H2-,37,38,39,40,41,42)/b12-11+. The van der Waals surface area contributed by atoms with Crippen molar-refractivity contribution in [3.63, 3.8) is 0 Å². The van der Waals surface area contributed by atoms with E-state index in [1.807, 2.05) is 13.8 Å². The summed E-state index contributed by atoms with van der Waals surface area (Å²) in [6, 6.07) is 0. The summed E-state index contributed by atoms with van der Waals surface area (Å²) in [4.78, 5) is 35.8. The van der Waals surface area contributed by atoms with Gasteiger partial charge in [0.05, 0.1) is 32.1 Å². The van der Waals surface area contributed by atoms with Crippen LogP contribution in [-0.2, 0) is 14.4 Å². The van der Waals surface area contributed by atoms with E-state index in [2.05, 4.69) is 19.1 Å². The van der Waals surface area contributed by atoms with E-state index in [0.29, 0.717) is 25.8 Å². The van der Waals surface area contributed by atoms with E-state index in [0.717, 1.165) is 19.3 Å². The number of carbonyl (C=O) groups is 3. The smallest absolute Gasteiger partial charge is 0.312 e. The SMILES string of the molecule is CCCC/C=C/CCCCCCCCCCCCCC[N+](CC(CC)C(=O)[O-])(CC(CC)C(=O)O)CC(CC)C(=O)O. The molecule has 0 spiro atoms. The lowest BCUT2D eigenvalue weighted by atomic mass is 9.95. The minimum absolute atomic E-state index is 0.219. The van der Waals surface area contributed by atoms with Gasteiger partial charge in [0.2, 0.25) is 0 Å². The Labute approximate surface area is 257 Å². The van der Waals surface area contributed by atoms with Gasteiger partial charge < -0.3 is 24.6 Å². The van der Waals surface area contributed by atoms with Gasteiger partial charge in [0.25, 0.3) is 0 Å². The van der Waals surface area contributed by atoms with Crippen LogP contribution in [0.25, 0.3) is 0 Å². The molecule has 0 rings (SSSR count). The molecule has 0 aromatic rings. The lowest BCUT2D eigenvalue weighted by Crippen LogP contribution is -2.59. The molecule has 2 N–H and O–H groups in total. The third kappa shape index (κ3) is 19.3. The van der Waals surface area contributed by atoms with Crippen molar-refractivity contribution in [1.82, 2.24) is 0 Å². The summed E-state index contributed by atoms with van der Waals surface area (Å²) in [6.07, 6.45) is 25.4. The summed E-state index contributed by atoms with van der Waals surface area (Å²) in [5.41, 5.74) is 0. The second kappa shape index (κ2) is 25.6. The largest absolute Gasteiger partial charge is 0.550 e. The highest BCUT2D eigenvalue weighted by Crippen LogP contribution is 2.25. The first kappa shape index (κ1) is 40.1. The van der Waals surface area contributed by atoms with Crippen LogP contribution in [0.3, 0.4) is 0 Å². The number of aliphatic carboxylic acids is 3. The van der Waals surface area contributed by atoms with E-state index < -0.39 is 35.7 Å². The van der Waals surface area contributed by atoms with Crippen molar-refractivity contribution in [2.45, 2.75) is 150 Å². The van der Waals surface area contributed by atoms with Gasteiger partial charge in [-0.1, -0.05) is 110 Å². The first-order valence-electron chi connectivity index (χ1n) is 17.3. The fourth-order valence-corrected chi connectivity index (χ4v) is 6.07. The summed E-state index contributed by atoms with van der Waals surface area (Å²) in [7, 11) is 0. The summed E-state index contributed by atoms with van der Waals surface area (Å²) in [5, 5.41) is 31.5. The van der Waals surface area contributed by atoms with E-state index in [1.54, 1.807) is 6.92 Å². The van der Waals surface area contributed by atoms with E-state index in [1.165, 1.54) is 83.5 Å². The molecule has 7 heteroatoms. The Bertz CT molecular complexity index is 677. The molecule has 0 aromatic carbocycles. The lowest BCUT2D eigenvalue weighted by Gasteiger charge is -2.44. The minimum atomic E-state index is -1.14. The number of unbranched alkanes of at least 4 members (excludes halogenated alkanes) is 14. The highest BCUT2D eigenvalue weighted by Gasteiger charge is 2.39. The van der Waals surface area contributed by atoms with Gasteiger partial charge in [-0.05, 0) is 51.4 Å². The van der Waals surface area contributed by atoms with E-state index in [4.69, 9.17) is 0 Å². The van der Waals surface area contributed by atoms with Crippen LogP contribution in [-0.4, -0.2) is 58.8 Å². The van der Waals surface area contributed by atoms with Crippen molar-refractivity contribution in [3.05, 3.63) is 12.2 Å². The van der Waals surface area contributed by atoms with Crippen molar-refractivity contribution >= 4 is 17.9 Å². The fraction of sp³-hybridized carbons (Fsp3) is 0.857. The van der Waals surface area contributed by atoms with E-state index in [9.17, 15) is 29.7 Å². The third-order valence-corrected chi connectivity index (χ3v) is 8.98. The monoisotopic (exact) mass is 595 g/mol. The fourth-order valence-electron chi connectivity index (χ4n) is 6.07. The molecule has 246 valence electrons. The van der Waals surface area contributed by atoms with Crippen molar-refractivity contribution in [2.75, 3.05) is 26.2 Å². The van der Waals surface area contributed by atoms with E-state index in [-0.39, 0.29) is 24.1 Å². The molecule has 0 aromatic heterocycles. The quantitative estimate of drug-likeness (QED) is 0.0501. The van der Waals surface area contributed by atoms with E-state index >= 15 is 0 Å². The number of hydrogen-bond donors (Lipinski definition) is 2. The summed E-state index contributed by atoms with van der Waals surface area (Å²) < 4.78 is 0.219. The molecule has 0 saturated heterocycles. The van der Waals surface area contributed by atoms with Gasteiger partial charge in [-0.2, -0.15) is 0 Å². The second-order valence-corrected chi connectivity index (χ2v) is 12.6. The lowest BCUT2D eigenvalue weighted by molar-refractivity contribution is -0.935. The van der Waals surface area contributed by atoms with Crippen LogP contribution in [0.5, 0.6) is 0 Å². The Balaban J connectivity index is 4.69. The van der Waals surface area contributed by atoms with Crippen LogP contribution < -0.4 is 5.11 Å². The van der Waals surface area contributed by atoms with Gasteiger partial charge in [-0.3, -0.25) is 9.59 Å². The minimum Gasteiger partial charge on any atom is -0.550 e. The molecular formula is C35H65NO6. The normalized spacial score (nSPS) is 15.3. The Morgan fingerprint density at radius 1 is 0.571 bits per heavy atom. The van der Waals surface area contributed by atoms with Gasteiger partial charge in [0, 0.05) is 5.92 Å². The van der Waals surface area contributed by atoms with Crippen LogP contribution in [0, 0.1) is 17.8 Å². The molecule has 7 nitrogen and oxygen atoms in total. The molecule has 0 aliphatic carbocycles. The number of hydrogen-bond acceptors (Lipinski definition) is 4. The topological polar surface area (TPSA) is 115 Å². The Kier molecular flexibility index (Phi) is 24.4. The number of nitrogens with zero attached hydrogens (tertiary/aromatic N) is 1. The summed E-state index contributed by atoms with van der Waals surface area (Å²) in [6.45, 7) is 9.03. The average Bonchev–Trinajstić information content (AvgIpc) is 2.96. The van der Waals surface area contributed by atoms with Gasteiger partial charge >= 0.3 is 11.9 Å².